The van der Waals surface area contributed by atoms with E-state index in [9.17, 15) is 20.2 Å². The number of aromatic nitrogens is 4. The SMILES string of the molecule is COc1c(/C=N/Nc2nc3nonc3nc2Nc2ccc(Br)cc2)cc([N+](=O)[O-])cc1[N+](=O)[O-]. The van der Waals surface area contributed by atoms with Gasteiger partial charge < -0.3 is 10.1 Å². The molecule has 0 spiro atoms. The molecule has 0 atom stereocenters. The van der Waals surface area contributed by atoms with Crippen molar-refractivity contribution in [2.75, 3.05) is 17.9 Å². The molecule has 0 fully saturated rings. The van der Waals surface area contributed by atoms with Crippen molar-refractivity contribution in [3.05, 3.63) is 66.7 Å². The van der Waals surface area contributed by atoms with Crippen molar-refractivity contribution in [3.63, 3.8) is 0 Å². The molecule has 2 aromatic carbocycles. The number of rotatable bonds is 8. The van der Waals surface area contributed by atoms with Crippen molar-refractivity contribution in [1.29, 1.82) is 0 Å². The van der Waals surface area contributed by atoms with Crippen molar-refractivity contribution in [3.8, 4) is 5.75 Å². The highest BCUT2D eigenvalue weighted by molar-refractivity contribution is 9.10. The number of non-ortho nitro benzene ring substituents is 1. The standard InChI is InChI=1S/C18H12BrN9O6/c1-33-14-9(6-12(27(29)30)7-13(14)28(31)32)8-20-24-16-15(21-11-4-2-10(19)3-5-11)22-17-18(23-16)26-34-25-17/h2-8H,1H3,(H,21,22,25)(H,23,24,26)/b20-8+. The number of nitrogens with zero attached hydrogens (tertiary/aromatic N) is 7. The molecule has 0 aliphatic heterocycles. The number of anilines is 3. The van der Waals surface area contributed by atoms with Gasteiger partial charge in [-0.3, -0.25) is 25.7 Å². The molecule has 4 aromatic rings. The van der Waals surface area contributed by atoms with Gasteiger partial charge in [-0.1, -0.05) is 15.9 Å². The quantitative estimate of drug-likeness (QED) is 0.190. The fourth-order valence-electron chi connectivity index (χ4n) is 2.82. The van der Waals surface area contributed by atoms with Crippen molar-refractivity contribution >= 4 is 62.1 Å². The number of ether oxygens (including phenoxy) is 1. The van der Waals surface area contributed by atoms with Gasteiger partial charge in [0, 0.05) is 16.2 Å². The normalized spacial score (nSPS) is 11.0. The molecule has 0 amide bonds. The van der Waals surface area contributed by atoms with E-state index in [2.05, 4.69) is 56.7 Å². The zero-order valence-electron chi connectivity index (χ0n) is 17.0. The van der Waals surface area contributed by atoms with Crippen LogP contribution in [0.3, 0.4) is 0 Å². The molecule has 0 aliphatic rings. The van der Waals surface area contributed by atoms with Gasteiger partial charge in [-0.25, -0.2) is 9.61 Å². The summed E-state index contributed by atoms with van der Waals surface area (Å²) in [5.41, 5.74) is 2.48. The summed E-state index contributed by atoms with van der Waals surface area (Å²) in [5.74, 6) is 0.137. The number of benzene rings is 2. The number of hydrazone groups is 1. The van der Waals surface area contributed by atoms with Gasteiger partial charge in [0.15, 0.2) is 11.6 Å². The molecule has 0 unspecified atom stereocenters. The molecule has 0 radical (unpaired) electrons. The smallest absolute Gasteiger partial charge is 0.318 e. The number of halogens is 1. The van der Waals surface area contributed by atoms with Gasteiger partial charge >= 0.3 is 5.69 Å². The lowest BCUT2D eigenvalue weighted by molar-refractivity contribution is -0.394. The Hall–Kier alpha value is -4.73. The molecular formula is C18H12BrN9O6. The molecular weight excluding hydrogens is 518 g/mol. The summed E-state index contributed by atoms with van der Waals surface area (Å²) >= 11 is 3.36. The Morgan fingerprint density at radius 1 is 1.06 bits per heavy atom. The molecule has 16 heteroatoms. The van der Waals surface area contributed by atoms with Gasteiger partial charge in [-0.2, -0.15) is 10.1 Å². The Kier molecular flexibility index (Phi) is 6.22. The van der Waals surface area contributed by atoms with Crippen molar-refractivity contribution in [1.82, 2.24) is 20.3 Å². The Morgan fingerprint density at radius 3 is 2.35 bits per heavy atom. The maximum absolute atomic E-state index is 11.3. The third kappa shape index (κ3) is 4.70. The molecule has 0 aliphatic carbocycles. The summed E-state index contributed by atoms with van der Waals surface area (Å²) in [5, 5.41) is 36.9. The van der Waals surface area contributed by atoms with Gasteiger partial charge in [0.2, 0.25) is 17.0 Å². The number of methoxy groups -OCH3 is 1. The summed E-state index contributed by atoms with van der Waals surface area (Å²) in [4.78, 5) is 29.5. The van der Waals surface area contributed by atoms with Crippen molar-refractivity contribution < 1.29 is 19.2 Å². The van der Waals surface area contributed by atoms with Gasteiger partial charge in [-0.05, 0) is 34.6 Å². The highest BCUT2D eigenvalue weighted by Gasteiger charge is 2.24. The highest BCUT2D eigenvalue weighted by atomic mass is 79.9. The second-order valence-corrected chi connectivity index (χ2v) is 7.35. The summed E-state index contributed by atoms with van der Waals surface area (Å²) in [6, 6.07) is 9.11. The molecule has 2 aromatic heterocycles. The van der Waals surface area contributed by atoms with Crippen LogP contribution in [0.2, 0.25) is 0 Å². The van der Waals surface area contributed by atoms with E-state index in [0.29, 0.717) is 5.69 Å². The summed E-state index contributed by atoms with van der Waals surface area (Å²) in [6.45, 7) is 0. The second-order valence-electron chi connectivity index (χ2n) is 6.44. The molecule has 34 heavy (non-hydrogen) atoms. The average molecular weight is 530 g/mol. The van der Waals surface area contributed by atoms with Crippen LogP contribution in [0.4, 0.5) is 28.7 Å². The van der Waals surface area contributed by atoms with E-state index in [-0.39, 0.29) is 34.2 Å². The summed E-state index contributed by atoms with van der Waals surface area (Å²) < 4.78 is 10.6. The molecule has 15 nitrogen and oxygen atoms in total. The minimum atomic E-state index is -0.784. The first kappa shape index (κ1) is 22.5. The zero-order valence-corrected chi connectivity index (χ0v) is 18.6. The van der Waals surface area contributed by atoms with Crippen LogP contribution in [0.1, 0.15) is 5.56 Å². The lowest BCUT2D eigenvalue weighted by Crippen LogP contribution is -2.04. The van der Waals surface area contributed by atoms with Crippen LogP contribution in [-0.2, 0) is 0 Å². The van der Waals surface area contributed by atoms with Crippen molar-refractivity contribution in [2.24, 2.45) is 5.10 Å². The maximum atomic E-state index is 11.3. The van der Waals surface area contributed by atoms with Crippen LogP contribution in [0.15, 0.2) is 50.6 Å². The molecule has 0 saturated carbocycles. The molecule has 2 heterocycles. The van der Waals surface area contributed by atoms with Gasteiger partial charge in [-0.15, -0.1) is 0 Å². The Morgan fingerprint density at radius 2 is 1.74 bits per heavy atom. The fraction of sp³-hybridized carbons (Fsp3) is 0.0556. The first-order valence-corrected chi connectivity index (χ1v) is 9.98. The third-order valence-electron chi connectivity index (χ3n) is 4.29. The Bertz CT molecular complexity index is 1420. The zero-order chi connectivity index (χ0) is 24.2. The molecule has 172 valence electrons. The molecule has 0 saturated heterocycles. The molecule has 4 rings (SSSR count). The van der Waals surface area contributed by atoms with E-state index in [1.54, 1.807) is 12.1 Å². The number of nitrogens with one attached hydrogen (secondary N) is 2. The van der Waals surface area contributed by atoms with Crippen LogP contribution in [0, 0.1) is 20.2 Å². The van der Waals surface area contributed by atoms with E-state index in [4.69, 9.17) is 4.74 Å². The molecule has 2 N–H and O–H groups in total. The summed E-state index contributed by atoms with van der Waals surface area (Å²) in [6.07, 6.45) is 1.12. The van der Waals surface area contributed by atoms with Crippen LogP contribution in [-0.4, -0.2) is 43.5 Å². The van der Waals surface area contributed by atoms with E-state index in [1.165, 1.54) is 7.11 Å². The van der Waals surface area contributed by atoms with Gasteiger partial charge in [0.1, 0.15) is 0 Å². The lowest BCUT2D eigenvalue weighted by atomic mass is 10.1. The van der Waals surface area contributed by atoms with Crippen LogP contribution in [0.25, 0.3) is 11.3 Å². The van der Waals surface area contributed by atoms with E-state index in [1.807, 2.05) is 12.1 Å². The maximum Gasteiger partial charge on any atom is 0.318 e. The first-order chi connectivity index (χ1) is 16.4. The van der Waals surface area contributed by atoms with E-state index in [0.717, 1.165) is 22.8 Å². The minimum Gasteiger partial charge on any atom is -0.490 e. The fourth-order valence-corrected chi connectivity index (χ4v) is 3.08. The van der Waals surface area contributed by atoms with E-state index < -0.39 is 21.2 Å². The molecule has 0 bridgehead atoms. The second kappa shape index (κ2) is 9.41. The lowest BCUT2D eigenvalue weighted by Gasteiger charge is -2.09. The van der Waals surface area contributed by atoms with Crippen molar-refractivity contribution in [2.45, 2.75) is 0 Å². The number of nitro groups is 2. The third-order valence-corrected chi connectivity index (χ3v) is 4.82. The predicted molar refractivity (Wildman–Crippen MR) is 122 cm³/mol. The van der Waals surface area contributed by atoms with Gasteiger partial charge in [0.05, 0.1) is 34.8 Å². The predicted octanol–water partition coefficient (Wildman–Crippen LogP) is 3.79. The van der Waals surface area contributed by atoms with E-state index >= 15 is 0 Å². The minimum absolute atomic E-state index is 0.00420. The average Bonchev–Trinajstić information content (AvgIpc) is 3.27. The van der Waals surface area contributed by atoms with Gasteiger partial charge in [0.25, 0.3) is 5.69 Å². The number of hydrogen-bond donors (Lipinski definition) is 2. The van der Waals surface area contributed by atoms with Crippen LogP contribution >= 0.6 is 15.9 Å². The number of nitro benzene ring substituents is 2. The monoisotopic (exact) mass is 529 g/mol. The Labute approximate surface area is 197 Å². The summed E-state index contributed by atoms with van der Waals surface area (Å²) in [7, 11) is 1.20. The highest BCUT2D eigenvalue weighted by Crippen LogP contribution is 2.34. The van der Waals surface area contributed by atoms with Crippen LogP contribution < -0.4 is 15.5 Å². The number of hydrogen-bond acceptors (Lipinski definition) is 13. The van der Waals surface area contributed by atoms with Crippen LogP contribution in [0.5, 0.6) is 5.75 Å². The topological polar surface area (TPSA) is 197 Å². The Balaban J connectivity index is 1.69. The number of fused-ring (bicyclic) bond motifs is 1. The first-order valence-electron chi connectivity index (χ1n) is 9.18. The largest absolute Gasteiger partial charge is 0.490 e.